The van der Waals surface area contributed by atoms with Crippen molar-refractivity contribution in [2.75, 3.05) is 19.8 Å². The molecule has 0 amide bonds. The fourth-order valence-corrected chi connectivity index (χ4v) is 2.48. The van der Waals surface area contributed by atoms with Gasteiger partial charge in [0.25, 0.3) is 0 Å². The Kier molecular flexibility index (Phi) is 5.80. The van der Waals surface area contributed by atoms with Crippen LogP contribution in [0.2, 0.25) is 0 Å². The molecule has 112 valence electrons. The molecule has 0 bridgehead atoms. The maximum absolute atomic E-state index is 14.1. The summed E-state index contributed by atoms with van der Waals surface area (Å²) in [6.45, 7) is 6.22. The van der Waals surface area contributed by atoms with Crippen molar-refractivity contribution >= 4 is 0 Å². The maximum Gasteiger partial charge on any atom is 0.131 e. The minimum Gasteiger partial charge on any atom is -0.490 e. The lowest BCUT2D eigenvalue weighted by atomic mass is 10.1. The highest BCUT2D eigenvalue weighted by Crippen LogP contribution is 2.28. The van der Waals surface area contributed by atoms with E-state index in [1.807, 2.05) is 13.0 Å². The summed E-state index contributed by atoms with van der Waals surface area (Å²) >= 11 is 0. The molecule has 2 atom stereocenters. The van der Waals surface area contributed by atoms with Crippen molar-refractivity contribution in [3.8, 4) is 5.75 Å². The summed E-state index contributed by atoms with van der Waals surface area (Å²) in [6.07, 6.45) is 3.27. The van der Waals surface area contributed by atoms with E-state index >= 15 is 0 Å². The molecule has 0 aromatic heterocycles. The van der Waals surface area contributed by atoms with Crippen LogP contribution in [-0.4, -0.2) is 25.9 Å². The fraction of sp³-hybridized carbons (Fsp3) is 0.625. The van der Waals surface area contributed by atoms with E-state index < -0.39 is 0 Å². The topological polar surface area (TPSA) is 30.5 Å². The van der Waals surface area contributed by atoms with Crippen molar-refractivity contribution in [2.45, 2.75) is 45.3 Å². The Morgan fingerprint density at radius 2 is 2.35 bits per heavy atom. The standard InChI is InChI=1S/C16H24FNO2/c1-3-9-18-12(2)16-14(17)7-4-8-15(16)20-11-13-6-5-10-19-13/h4,7-8,12-13,18H,3,5-6,9-11H2,1-2H3. The number of ether oxygens (including phenoxy) is 2. The monoisotopic (exact) mass is 281 g/mol. The van der Waals surface area contributed by atoms with Gasteiger partial charge in [0.05, 0.1) is 6.10 Å². The highest BCUT2D eigenvalue weighted by Gasteiger charge is 2.20. The van der Waals surface area contributed by atoms with Gasteiger partial charge in [0.1, 0.15) is 18.2 Å². The van der Waals surface area contributed by atoms with Gasteiger partial charge in [0, 0.05) is 18.2 Å². The van der Waals surface area contributed by atoms with Crippen LogP contribution >= 0.6 is 0 Å². The zero-order valence-electron chi connectivity index (χ0n) is 12.3. The van der Waals surface area contributed by atoms with Crippen molar-refractivity contribution in [3.63, 3.8) is 0 Å². The Hall–Kier alpha value is -1.13. The second-order valence-electron chi connectivity index (χ2n) is 5.27. The Labute approximate surface area is 120 Å². The summed E-state index contributed by atoms with van der Waals surface area (Å²) in [5, 5.41) is 3.31. The average Bonchev–Trinajstić information content (AvgIpc) is 2.95. The van der Waals surface area contributed by atoms with E-state index in [1.165, 1.54) is 6.07 Å². The zero-order valence-corrected chi connectivity index (χ0v) is 12.3. The predicted molar refractivity (Wildman–Crippen MR) is 77.6 cm³/mol. The van der Waals surface area contributed by atoms with Crippen LogP contribution in [0.25, 0.3) is 0 Å². The Morgan fingerprint density at radius 3 is 3.05 bits per heavy atom. The quantitative estimate of drug-likeness (QED) is 0.830. The second kappa shape index (κ2) is 7.60. The Balaban J connectivity index is 2.04. The van der Waals surface area contributed by atoms with E-state index in [1.54, 1.807) is 6.07 Å². The van der Waals surface area contributed by atoms with Crippen molar-refractivity contribution in [3.05, 3.63) is 29.6 Å². The average molecular weight is 281 g/mol. The van der Waals surface area contributed by atoms with Crippen LogP contribution in [0.5, 0.6) is 5.75 Å². The molecule has 20 heavy (non-hydrogen) atoms. The van der Waals surface area contributed by atoms with Gasteiger partial charge in [-0.3, -0.25) is 0 Å². The lowest BCUT2D eigenvalue weighted by Gasteiger charge is -2.20. The molecule has 1 aliphatic rings. The third-order valence-corrected chi connectivity index (χ3v) is 3.60. The number of benzene rings is 1. The molecule has 4 heteroatoms. The number of halogens is 1. The van der Waals surface area contributed by atoms with E-state index in [-0.39, 0.29) is 18.0 Å². The smallest absolute Gasteiger partial charge is 0.131 e. The van der Waals surface area contributed by atoms with Crippen LogP contribution < -0.4 is 10.1 Å². The molecule has 2 rings (SSSR count). The van der Waals surface area contributed by atoms with Crippen molar-refractivity contribution < 1.29 is 13.9 Å². The molecular weight excluding hydrogens is 257 g/mol. The minimum atomic E-state index is -0.217. The highest BCUT2D eigenvalue weighted by molar-refractivity contribution is 5.37. The lowest BCUT2D eigenvalue weighted by molar-refractivity contribution is 0.0673. The molecule has 1 fully saturated rings. The molecule has 1 aromatic rings. The molecule has 0 saturated carbocycles. The number of nitrogens with one attached hydrogen (secondary N) is 1. The van der Waals surface area contributed by atoms with E-state index in [2.05, 4.69) is 12.2 Å². The minimum absolute atomic E-state index is 0.0596. The first kappa shape index (κ1) is 15.3. The highest BCUT2D eigenvalue weighted by atomic mass is 19.1. The van der Waals surface area contributed by atoms with Crippen LogP contribution in [0.1, 0.15) is 44.7 Å². The molecule has 2 unspecified atom stereocenters. The summed E-state index contributed by atoms with van der Waals surface area (Å²) in [5.74, 6) is 0.405. The van der Waals surface area contributed by atoms with Gasteiger partial charge in [-0.05, 0) is 44.9 Å². The van der Waals surface area contributed by atoms with E-state index in [9.17, 15) is 4.39 Å². The largest absolute Gasteiger partial charge is 0.490 e. The maximum atomic E-state index is 14.1. The molecule has 1 aromatic carbocycles. The summed E-state index contributed by atoms with van der Waals surface area (Å²) in [5.41, 5.74) is 0.610. The molecule has 0 aliphatic carbocycles. The Morgan fingerprint density at radius 1 is 1.50 bits per heavy atom. The first-order valence-corrected chi connectivity index (χ1v) is 7.48. The van der Waals surface area contributed by atoms with E-state index in [0.717, 1.165) is 32.4 Å². The number of hydrogen-bond donors (Lipinski definition) is 1. The normalized spacial score (nSPS) is 20.1. The third-order valence-electron chi connectivity index (χ3n) is 3.60. The van der Waals surface area contributed by atoms with Crippen molar-refractivity contribution in [1.29, 1.82) is 0 Å². The van der Waals surface area contributed by atoms with Gasteiger partial charge in [0.15, 0.2) is 0 Å². The van der Waals surface area contributed by atoms with E-state index in [0.29, 0.717) is 17.9 Å². The fourth-order valence-electron chi connectivity index (χ4n) is 2.48. The molecule has 1 N–H and O–H groups in total. The van der Waals surface area contributed by atoms with Crippen LogP contribution in [0.15, 0.2) is 18.2 Å². The van der Waals surface area contributed by atoms with E-state index in [4.69, 9.17) is 9.47 Å². The van der Waals surface area contributed by atoms with Crippen molar-refractivity contribution in [2.24, 2.45) is 0 Å². The summed E-state index contributed by atoms with van der Waals surface area (Å²) in [6, 6.07) is 4.95. The van der Waals surface area contributed by atoms with Crippen LogP contribution in [0.3, 0.4) is 0 Å². The van der Waals surface area contributed by atoms with Gasteiger partial charge in [-0.25, -0.2) is 4.39 Å². The van der Waals surface area contributed by atoms with Crippen LogP contribution in [0, 0.1) is 5.82 Å². The predicted octanol–water partition coefficient (Wildman–Crippen LogP) is 3.44. The molecular formula is C16H24FNO2. The lowest BCUT2D eigenvalue weighted by Crippen LogP contribution is -2.22. The third kappa shape index (κ3) is 3.93. The Bertz CT molecular complexity index is 419. The van der Waals surface area contributed by atoms with Gasteiger partial charge < -0.3 is 14.8 Å². The first-order chi connectivity index (χ1) is 9.72. The molecule has 1 aliphatic heterocycles. The summed E-state index contributed by atoms with van der Waals surface area (Å²) in [4.78, 5) is 0. The SMILES string of the molecule is CCCNC(C)c1c(F)cccc1OCC1CCCO1. The van der Waals surface area contributed by atoms with Gasteiger partial charge in [-0.15, -0.1) is 0 Å². The molecule has 1 saturated heterocycles. The summed E-state index contributed by atoms with van der Waals surface area (Å²) < 4.78 is 25.4. The van der Waals surface area contributed by atoms with Gasteiger partial charge >= 0.3 is 0 Å². The zero-order chi connectivity index (χ0) is 14.4. The summed E-state index contributed by atoms with van der Waals surface area (Å²) in [7, 11) is 0. The molecule has 0 radical (unpaired) electrons. The number of rotatable bonds is 7. The molecule has 3 nitrogen and oxygen atoms in total. The first-order valence-electron chi connectivity index (χ1n) is 7.48. The van der Waals surface area contributed by atoms with Crippen molar-refractivity contribution in [1.82, 2.24) is 5.32 Å². The van der Waals surface area contributed by atoms with Gasteiger partial charge in [0.2, 0.25) is 0 Å². The number of hydrogen-bond acceptors (Lipinski definition) is 3. The van der Waals surface area contributed by atoms with Crippen LogP contribution in [-0.2, 0) is 4.74 Å². The molecule has 0 spiro atoms. The van der Waals surface area contributed by atoms with Gasteiger partial charge in [-0.1, -0.05) is 13.0 Å². The second-order valence-corrected chi connectivity index (χ2v) is 5.27. The van der Waals surface area contributed by atoms with Gasteiger partial charge in [-0.2, -0.15) is 0 Å². The van der Waals surface area contributed by atoms with Crippen LogP contribution in [0.4, 0.5) is 4.39 Å². The molecule has 1 heterocycles.